The highest BCUT2D eigenvalue weighted by Crippen LogP contribution is 2.18. The van der Waals surface area contributed by atoms with Gasteiger partial charge in [0, 0.05) is 25.9 Å². The third-order valence-corrected chi connectivity index (χ3v) is 5.05. The van der Waals surface area contributed by atoms with Crippen LogP contribution in [0.4, 0.5) is 5.95 Å². The number of fused-ring (bicyclic) bond motifs is 1. The Morgan fingerprint density at radius 1 is 1.03 bits per heavy atom. The minimum atomic E-state index is -0.442. The highest BCUT2D eigenvalue weighted by molar-refractivity contribution is 5.85. The summed E-state index contributed by atoms with van der Waals surface area (Å²) in [7, 11) is 3.26. The van der Waals surface area contributed by atoms with E-state index in [-0.39, 0.29) is 29.4 Å². The second-order valence-corrected chi connectivity index (χ2v) is 7.18. The fourth-order valence-corrected chi connectivity index (χ4v) is 3.29. The fourth-order valence-electron chi connectivity index (χ4n) is 3.29. The zero-order chi connectivity index (χ0) is 21.4. The van der Waals surface area contributed by atoms with Crippen molar-refractivity contribution in [1.29, 1.82) is 0 Å². The van der Waals surface area contributed by atoms with Crippen LogP contribution in [-0.4, -0.2) is 30.0 Å². The number of nitrogens with zero attached hydrogens (tertiary/aromatic N) is 5. The summed E-state index contributed by atoms with van der Waals surface area (Å²) >= 11 is 0. The Morgan fingerprint density at radius 3 is 2.43 bits per heavy atom. The molecule has 0 bridgehead atoms. The molecule has 4 rings (SSSR count). The van der Waals surface area contributed by atoms with Gasteiger partial charge < -0.3 is 9.67 Å². The van der Waals surface area contributed by atoms with E-state index in [1.54, 1.807) is 42.9 Å². The van der Waals surface area contributed by atoms with E-state index < -0.39 is 11.2 Å². The first-order chi connectivity index (χ1) is 14.4. The molecule has 0 fully saturated rings. The Morgan fingerprint density at radius 2 is 1.73 bits per heavy atom. The highest BCUT2D eigenvalue weighted by atomic mass is 16.3. The maximum Gasteiger partial charge on any atom is 0.332 e. The molecule has 0 amide bonds. The summed E-state index contributed by atoms with van der Waals surface area (Å²) < 4.78 is 4.11. The van der Waals surface area contributed by atoms with Crippen molar-refractivity contribution in [3.63, 3.8) is 0 Å². The van der Waals surface area contributed by atoms with Gasteiger partial charge in [-0.2, -0.15) is 4.98 Å². The van der Waals surface area contributed by atoms with Crippen molar-refractivity contribution in [3.05, 3.63) is 86.1 Å². The van der Waals surface area contributed by atoms with Crippen LogP contribution in [0.25, 0.3) is 11.2 Å². The predicted molar refractivity (Wildman–Crippen MR) is 116 cm³/mol. The number of phenols is 1. The van der Waals surface area contributed by atoms with Crippen LogP contribution in [0.1, 0.15) is 16.7 Å². The minimum absolute atomic E-state index is 0.0906. The lowest BCUT2D eigenvalue weighted by Crippen LogP contribution is -2.39. The number of imidazole rings is 1. The largest absolute Gasteiger partial charge is 0.507 e. The van der Waals surface area contributed by atoms with E-state index in [0.29, 0.717) is 5.56 Å². The van der Waals surface area contributed by atoms with Gasteiger partial charge in [0.1, 0.15) is 5.75 Å². The van der Waals surface area contributed by atoms with E-state index in [9.17, 15) is 14.7 Å². The molecule has 30 heavy (non-hydrogen) atoms. The van der Waals surface area contributed by atoms with E-state index in [4.69, 9.17) is 0 Å². The average Bonchev–Trinajstić information content (AvgIpc) is 3.07. The Kier molecular flexibility index (Phi) is 4.83. The van der Waals surface area contributed by atoms with Crippen LogP contribution in [0.2, 0.25) is 0 Å². The van der Waals surface area contributed by atoms with Crippen LogP contribution in [0.3, 0.4) is 0 Å². The average molecular weight is 403 g/mol. The maximum atomic E-state index is 13.1. The monoisotopic (exact) mass is 403 g/mol. The van der Waals surface area contributed by atoms with E-state index in [0.717, 1.165) is 11.1 Å². The van der Waals surface area contributed by atoms with Gasteiger partial charge in [0.25, 0.3) is 5.56 Å². The van der Waals surface area contributed by atoms with Gasteiger partial charge in [-0.1, -0.05) is 42.0 Å². The SMILES string of the molecule is Cc1ccc(Cn2c(=O)c3c(nc(/N=C/c4ccccc4O)n3C)n(C)c2=O)cc1. The molecule has 0 saturated heterocycles. The molecule has 2 heterocycles. The molecule has 4 aromatic rings. The van der Waals surface area contributed by atoms with Gasteiger partial charge in [0.15, 0.2) is 11.2 Å². The van der Waals surface area contributed by atoms with Crippen LogP contribution < -0.4 is 11.2 Å². The molecule has 152 valence electrons. The summed E-state index contributed by atoms with van der Waals surface area (Å²) in [6.07, 6.45) is 1.47. The zero-order valence-corrected chi connectivity index (χ0v) is 16.9. The Bertz CT molecular complexity index is 1390. The van der Waals surface area contributed by atoms with E-state index in [1.807, 2.05) is 31.2 Å². The second-order valence-electron chi connectivity index (χ2n) is 7.18. The van der Waals surface area contributed by atoms with Gasteiger partial charge in [-0.15, -0.1) is 0 Å². The highest BCUT2D eigenvalue weighted by Gasteiger charge is 2.18. The number of rotatable bonds is 4. The van der Waals surface area contributed by atoms with Gasteiger partial charge in [0.2, 0.25) is 5.95 Å². The Balaban J connectivity index is 1.83. The molecule has 0 atom stereocenters. The minimum Gasteiger partial charge on any atom is -0.507 e. The molecule has 0 unspecified atom stereocenters. The Labute approximate surface area is 172 Å². The van der Waals surface area contributed by atoms with Gasteiger partial charge in [-0.3, -0.25) is 13.9 Å². The number of benzene rings is 2. The van der Waals surface area contributed by atoms with Crippen LogP contribution >= 0.6 is 0 Å². The van der Waals surface area contributed by atoms with Gasteiger partial charge in [0.05, 0.1) is 6.54 Å². The number of aromatic nitrogens is 4. The first kappa shape index (κ1) is 19.4. The third-order valence-electron chi connectivity index (χ3n) is 5.05. The maximum absolute atomic E-state index is 13.1. The van der Waals surface area contributed by atoms with E-state index in [1.165, 1.54) is 15.3 Å². The van der Waals surface area contributed by atoms with Crippen LogP contribution in [0.15, 0.2) is 63.1 Å². The molecular formula is C22H21N5O3. The number of phenolic OH excluding ortho intramolecular Hbond substituents is 1. The third kappa shape index (κ3) is 3.32. The molecule has 0 saturated carbocycles. The van der Waals surface area contributed by atoms with Crippen LogP contribution in [0.5, 0.6) is 5.75 Å². The smallest absolute Gasteiger partial charge is 0.332 e. The summed E-state index contributed by atoms with van der Waals surface area (Å²) in [5.41, 5.74) is 2.17. The molecular weight excluding hydrogens is 382 g/mol. The number of hydrogen-bond acceptors (Lipinski definition) is 5. The number of aliphatic imine (C=N–C) groups is 1. The number of aryl methyl sites for hydroxylation is 3. The van der Waals surface area contributed by atoms with E-state index >= 15 is 0 Å². The van der Waals surface area contributed by atoms with Gasteiger partial charge >= 0.3 is 5.69 Å². The zero-order valence-electron chi connectivity index (χ0n) is 16.9. The lowest BCUT2D eigenvalue weighted by atomic mass is 10.1. The number of aromatic hydroxyl groups is 1. The molecule has 0 spiro atoms. The van der Waals surface area contributed by atoms with Crippen LogP contribution in [-0.2, 0) is 20.6 Å². The lowest BCUT2D eigenvalue weighted by Gasteiger charge is -2.09. The molecule has 8 nitrogen and oxygen atoms in total. The molecule has 0 radical (unpaired) electrons. The molecule has 0 aliphatic heterocycles. The molecule has 1 N–H and O–H groups in total. The van der Waals surface area contributed by atoms with E-state index in [2.05, 4.69) is 9.98 Å². The summed E-state index contributed by atoms with van der Waals surface area (Å²) in [6.45, 7) is 2.15. The standard InChI is InChI=1S/C22H21N5O3/c1-14-8-10-15(11-9-14)13-27-20(29)18-19(26(3)22(27)30)24-21(25(18)2)23-12-16-6-4-5-7-17(16)28/h4-12,28H,13H2,1-3H3/b23-12+. The summed E-state index contributed by atoms with van der Waals surface area (Å²) in [4.78, 5) is 34.6. The quantitative estimate of drug-likeness (QED) is 0.529. The van der Waals surface area contributed by atoms with Gasteiger partial charge in [-0.05, 0) is 24.6 Å². The number of hydrogen-bond donors (Lipinski definition) is 1. The summed E-state index contributed by atoms with van der Waals surface area (Å²) in [6, 6.07) is 14.5. The molecule has 2 aromatic carbocycles. The first-order valence-corrected chi connectivity index (χ1v) is 9.40. The Hall–Kier alpha value is -3.94. The van der Waals surface area contributed by atoms with Crippen molar-refractivity contribution >= 4 is 23.3 Å². The van der Waals surface area contributed by atoms with Crippen molar-refractivity contribution in [2.24, 2.45) is 19.1 Å². The second kappa shape index (κ2) is 7.47. The molecule has 0 aliphatic rings. The molecule has 0 aliphatic carbocycles. The van der Waals surface area contributed by atoms with Crippen molar-refractivity contribution < 1.29 is 5.11 Å². The lowest BCUT2D eigenvalue weighted by molar-refractivity contribution is 0.474. The normalized spacial score (nSPS) is 11.6. The fraction of sp³-hybridized carbons (Fsp3) is 0.182. The first-order valence-electron chi connectivity index (χ1n) is 9.40. The van der Waals surface area contributed by atoms with Crippen molar-refractivity contribution in [2.45, 2.75) is 13.5 Å². The van der Waals surface area contributed by atoms with Gasteiger partial charge in [-0.25, -0.2) is 9.79 Å². The topological polar surface area (TPSA) is 94.4 Å². The molecule has 2 aromatic heterocycles. The summed E-state index contributed by atoms with van der Waals surface area (Å²) in [5, 5.41) is 9.90. The summed E-state index contributed by atoms with van der Waals surface area (Å²) in [5.74, 6) is 0.348. The molecule has 8 heteroatoms. The van der Waals surface area contributed by atoms with Crippen molar-refractivity contribution in [2.75, 3.05) is 0 Å². The van der Waals surface area contributed by atoms with Crippen LogP contribution in [0, 0.1) is 6.92 Å². The number of para-hydroxylation sites is 1. The predicted octanol–water partition coefficient (Wildman–Crippen LogP) is 2.25. The van der Waals surface area contributed by atoms with Crippen molar-refractivity contribution in [3.8, 4) is 5.75 Å². The van der Waals surface area contributed by atoms with Crippen molar-refractivity contribution in [1.82, 2.24) is 18.7 Å².